The Bertz CT molecular complexity index is 251. The molecule has 0 aromatic carbocycles. The van der Waals surface area contributed by atoms with Gasteiger partial charge in [-0.05, 0) is 50.4 Å². The van der Waals surface area contributed by atoms with Crippen molar-refractivity contribution >= 4 is 0 Å². The minimum atomic E-state index is 0.885. The van der Waals surface area contributed by atoms with Gasteiger partial charge < -0.3 is 10.1 Å². The molecule has 1 aromatic rings. The average Bonchev–Trinajstić information content (AvgIpc) is 2.34. The number of methoxy groups -OCH3 is 1. The SMILES string of the molecule is COCCCCCNCCc1cccnc1. The Balaban J connectivity index is 1.89. The summed E-state index contributed by atoms with van der Waals surface area (Å²) in [5.41, 5.74) is 1.30. The molecule has 1 heterocycles. The Kier molecular flexibility index (Phi) is 7.64. The molecule has 1 N–H and O–H groups in total. The molecule has 3 nitrogen and oxygen atoms in total. The van der Waals surface area contributed by atoms with Gasteiger partial charge in [0.1, 0.15) is 0 Å². The topological polar surface area (TPSA) is 34.1 Å². The normalized spacial score (nSPS) is 10.6. The van der Waals surface area contributed by atoms with Crippen LogP contribution in [0, 0.1) is 0 Å². The van der Waals surface area contributed by atoms with Crippen LogP contribution in [0.25, 0.3) is 0 Å². The molecule has 0 radical (unpaired) electrons. The first kappa shape index (κ1) is 13.1. The van der Waals surface area contributed by atoms with Crippen LogP contribution < -0.4 is 5.32 Å². The molecule has 0 unspecified atom stereocenters. The number of nitrogens with zero attached hydrogens (tertiary/aromatic N) is 1. The Labute approximate surface area is 98.2 Å². The van der Waals surface area contributed by atoms with Crippen LogP contribution in [0.3, 0.4) is 0 Å². The van der Waals surface area contributed by atoms with Crippen molar-refractivity contribution in [3.8, 4) is 0 Å². The van der Waals surface area contributed by atoms with E-state index in [1.54, 1.807) is 7.11 Å². The summed E-state index contributed by atoms with van der Waals surface area (Å²) in [7, 11) is 1.76. The van der Waals surface area contributed by atoms with Crippen LogP contribution in [0.2, 0.25) is 0 Å². The van der Waals surface area contributed by atoms with Crippen LogP contribution in [0.5, 0.6) is 0 Å². The number of hydrogen-bond acceptors (Lipinski definition) is 3. The summed E-state index contributed by atoms with van der Waals surface area (Å²) >= 11 is 0. The molecule has 0 fully saturated rings. The van der Waals surface area contributed by atoms with Crippen LogP contribution >= 0.6 is 0 Å². The first-order chi connectivity index (χ1) is 7.93. The molecular weight excluding hydrogens is 200 g/mol. The third kappa shape index (κ3) is 6.53. The molecule has 1 rings (SSSR count). The van der Waals surface area contributed by atoms with E-state index >= 15 is 0 Å². The van der Waals surface area contributed by atoms with Crippen molar-refractivity contribution in [2.75, 3.05) is 26.8 Å². The van der Waals surface area contributed by atoms with Gasteiger partial charge in [0.15, 0.2) is 0 Å². The second-order valence-electron chi connectivity index (χ2n) is 3.91. The van der Waals surface area contributed by atoms with Crippen molar-refractivity contribution in [2.24, 2.45) is 0 Å². The maximum absolute atomic E-state index is 5.00. The first-order valence-electron chi connectivity index (χ1n) is 6.02. The van der Waals surface area contributed by atoms with Gasteiger partial charge in [-0.15, -0.1) is 0 Å². The van der Waals surface area contributed by atoms with Gasteiger partial charge in [0.2, 0.25) is 0 Å². The van der Waals surface area contributed by atoms with Crippen molar-refractivity contribution in [3.05, 3.63) is 30.1 Å². The zero-order valence-corrected chi connectivity index (χ0v) is 10.1. The first-order valence-corrected chi connectivity index (χ1v) is 6.02. The number of hydrogen-bond donors (Lipinski definition) is 1. The summed E-state index contributed by atoms with van der Waals surface area (Å²) in [6.07, 6.45) is 8.45. The van der Waals surface area contributed by atoms with Crippen LogP contribution in [0.15, 0.2) is 24.5 Å². The lowest BCUT2D eigenvalue weighted by molar-refractivity contribution is 0.192. The number of ether oxygens (including phenoxy) is 1. The second-order valence-corrected chi connectivity index (χ2v) is 3.91. The molecule has 0 aliphatic heterocycles. The molecule has 0 amide bonds. The molecule has 3 heteroatoms. The van der Waals surface area contributed by atoms with Gasteiger partial charge in [-0.3, -0.25) is 4.98 Å². The van der Waals surface area contributed by atoms with Gasteiger partial charge in [-0.1, -0.05) is 6.07 Å². The summed E-state index contributed by atoms with van der Waals surface area (Å²) < 4.78 is 5.00. The van der Waals surface area contributed by atoms with Crippen molar-refractivity contribution in [1.82, 2.24) is 10.3 Å². The largest absolute Gasteiger partial charge is 0.385 e. The molecule has 0 aliphatic carbocycles. The average molecular weight is 222 g/mol. The van der Waals surface area contributed by atoms with Gasteiger partial charge in [-0.2, -0.15) is 0 Å². The number of unbranched alkanes of at least 4 members (excludes halogenated alkanes) is 2. The molecule has 0 bridgehead atoms. The number of aromatic nitrogens is 1. The van der Waals surface area contributed by atoms with Gasteiger partial charge in [0.25, 0.3) is 0 Å². The van der Waals surface area contributed by atoms with Gasteiger partial charge in [-0.25, -0.2) is 0 Å². The van der Waals surface area contributed by atoms with Gasteiger partial charge >= 0.3 is 0 Å². The number of pyridine rings is 1. The number of nitrogens with one attached hydrogen (secondary N) is 1. The van der Waals surface area contributed by atoms with Crippen LogP contribution in [-0.2, 0) is 11.2 Å². The predicted octanol–water partition coefficient (Wildman–Crippen LogP) is 2.03. The maximum Gasteiger partial charge on any atom is 0.0462 e. The quantitative estimate of drug-likeness (QED) is 0.649. The standard InChI is InChI=1S/C13H22N2O/c1-16-11-4-2-3-8-14-10-7-13-6-5-9-15-12-13/h5-6,9,12,14H,2-4,7-8,10-11H2,1H3. The second kappa shape index (κ2) is 9.31. The Hall–Kier alpha value is -0.930. The van der Waals surface area contributed by atoms with Crippen molar-refractivity contribution in [3.63, 3.8) is 0 Å². The third-order valence-corrected chi connectivity index (χ3v) is 2.52. The van der Waals surface area contributed by atoms with E-state index < -0.39 is 0 Å². The molecule has 0 saturated carbocycles. The van der Waals surface area contributed by atoms with Crippen molar-refractivity contribution in [1.29, 1.82) is 0 Å². The van der Waals surface area contributed by atoms with E-state index in [0.717, 1.165) is 26.1 Å². The minimum Gasteiger partial charge on any atom is -0.385 e. The highest BCUT2D eigenvalue weighted by atomic mass is 16.5. The van der Waals surface area contributed by atoms with E-state index in [0.29, 0.717) is 0 Å². The zero-order chi connectivity index (χ0) is 11.5. The summed E-state index contributed by atoms with van der Waals surface area (Å²) in [6.45, 7) is 3.02. The van der Waals surface area contributed by atoms with Crippen molar-refractivity contribution < 1.29 is 4.74 Å². The molecule has 0 atom stereocenters. The molecule has 0 spiro atoms. The Morgan fingerprint density at radius 1 is 1.25 bits per heavy atom. The van der Waals surface area contributed by atoms with Crippen LogP contribution in [-0.4, -0.2) is 31.8 Å². The van der Waals surface area contributed by atoms with E-state index in [1.165, 1.54) is 24.8 Å². The predicted molar refractivity (Wildman–Crippen MR) is 66.5 cm³/mol. The van der Waals surface area contributed by atoms with Crippen molar-refractivity contribution in [2.45, 2.75) is 25.7 Å². The Morgan fingerprint density at radius 3 is 2.94 bits per heavy atom. The monoisotopic (exact) mass is 222 g/mol. The lowest BCUT2D eigenvalue weighted by atomic mass is 10.2. The van der Waals surface area contributed by atoms with E-state index in [-0.39, 0.29) is 0 Å². The van der Waals surface area contributed by atoms with E-state index in [1.807, 2.05) is 18.5 Å². The minimum absolute atomic E-state index is 0.885. The molecular formula is C13H22N2O. The van der Waals surface area contributed by atoms with Gasteiger partial charge in [0, 0.05) is 26.1 Å². The summed E-state index contributed by atoms with van der Waals surface area (Å²) in [4.78, 5) is 4.09. The molecule has 0 saturated heterocycles. The summed E-state index contributed by atoms with van der Waals surface area (Å²) in [5.74, 6) is 0. The fraction of sp³-hybridized carbons (Fsp3) is 0.615. The Morgan fingerprint density at radius 2 is 2.19 bits per heavy atom. The fourth-order valence-corrected chi connectivity index (χ4v) is 1.58. The van der Waals surface area contributed by atoms with Gasteiger partial charge in [0.05, 0.1) is 0 Å². The van der Waals surface area contributed by atoms with E-state index in [2.05, 4.69) is 16.4 Å². The molecule has 1 aromatic heterocycles. The maximum atomic E-state index is 5.00. The molecule has 16 heavy (non-hydrogen) atoms. The summed E-state index contributed by atoms with van der Waals surface area (Å²) in [6, 6.07) is 4.10. The zero-order valence-electron chi connectivity index (χ0n) is 10.1. The molecule has 90 valence electrons. The lowest BCUT2D eigenvalue weighted by Gasteiger charge is -2.04. The number of rotatable bonds is 9. The lowest BCUT2D eigenvalue weighted by Crippen LogP contribution is -2.18. The smallest absolute Gasteiger partial charge is 0.0462 e. The van der Waals surface area contributed by atoms with Crippen LogP contribution in [0.1, 0.15) is 24.8 Å². The summed E-state index contributed by atoms with van der Waals surface area (Å²) in [5, 5.41) is 3.44. The van der Waals surface area contributed by atoms with E-state index in [4.69, 9.17) is 4.74 Å². The highest BCUT2D eigenvalue weighted by Crippen LogP contribution is 1.96. The highest BCUT2D eigenvalue weighted by molar-refractivity contribution is 5.08. The molecule has 0 aliphatic rings. The third-order valence-electron chi connectivity index (χ3n) is 2.52. The van der Waals surface area contributed by atoms with Crippen LogP contribution in [0.4, 0.5) is 0 Å². The van der Waals surface area contributed by atoms with E-state index in [9.17, 15) is 0 Å². The highest BCUT2D eigenvalue weighted by Gasteiger charge is 1.92. The fourth-order valence-electron chi connectivity index (χ4n) is 1.58.